The van der Waals surface area contributed by atoms with Crippen molar-refractivity contribution in [2.24, 2.45) is 0 Å². The van der Waals surface area contributed by atoms with Crippen LogP contribution in [0.3, 0.4) is 0 Å². The topological polar surface area (TPSA) is 0 Å². The maximum atomic E-state index is 3.68. The maximum absolute atomic E-state index is 3.68. The molecule has 0 bridgehead atoms. The smallest absolute Gasteiger partial charge is 0.0588 e. The van der Waals surface area contributed by atoms with E-state index in [2.05, 4.69) is 13.8 Å². The van der Waals surface area contributed by atoms with Gasteiger partial charge in [0.1, 0.15) is 0 Å². The molecule has 0 spiro atoms. The third kappa shape index (κ3) is 10.6. The van der Waals surface area contributed by atoms with Crippen LogP contribution in [0.5, 0.6) is 0 Å². The van der Waals surface area contributed by atoms with Crippen molar-refractivity contribution in [3.8, 4) is 0 Å². The van der Waals surface area contributed by atoms with E-state index in [-0.39, 0.29) is 51.4 Å². The number of rotatable bonds is 2. The Bertz CT molecular complexity index is 33.7. The first-order valence-electron chi connectivity index (χ1n) is 2.28. The molecule has 0 aliphatic carbocycles. The van der Waals surface area contributed by atoms with Gasteiger partial charge >= 0.3 is 51.4 Å². The fourth-order valence-electron chi connectivity index (χ4n) is 0.421. The molecule has 0 unspecified atom stereocenters. The molecule has 0 aromatic heterocycles. The average molecular weight is 134 g/mol. The predicted octanol–water partition coefficient (Wildman–Crippen LogP) is -0.948. The van der Waals surface area contributed by atoms with Gasteiger partial charge in [-0.25, -0.2) is 0 Å². The molecule has 0 N–H and O–H groups in total. The Morgan fingerprint density at radius 1 is 1.12 bits per heavy atom. The van der Waals surface area contributed by atoms with E-state index in [4.69, 9.17) is 0 Å². The molecule has 1 heteroatoms. The van der Waals surface area contributed by atoms with E-state index in [1.807, 2.05) is 20.3 Å². The first-order valence-corrected chi connectivity index (χ1v) is 2.28. The maximum Gasteiger partial charge on any atom is 1.00 e. The molecule has 0 atom stereocenters. The van der Waals surface area contributed by atoms with Gasteiger partial charge in [-0.3, -0.25) is 0 Å². The summed E-state index contributed by atoms with van der Waals surface area (Å²) in [5.74, 6) is 2.12. The molecular formula is C7H11K+. The molecule has 0 aromatic rings. The quantitative estimate of drug-likeness (QED) is 0.427. The largest absolute Gasteiger partial charge is 1.00 e. The fraction of sp³-hybridized carbons (Fsp3) is 0.286. The van der Waals surface area contributed by atoms with Crippen molar-refractivity contribution >= 4 is 0 Å². The first-order chi connectivity index (χ1) is 3.13. The van der Waals surface area contributed by atoms with Crippen LogP contribution in [0.25, 0.3) is 0 Å². The van der Waals surface area contributed by atoms with E-state index in [1.165, 1.54) is 0 Å². The van der Waals surface area contributed by atoms with E-state index in [1.54, 1.807) is 0 Å². The monoisotopic (exact) mass is 134 g/mol. The van der Waals surface area contributed by atoms with Crippen molar-refractivity contribution in [1.29, 1.82) is 0 Å². The third-order valence-corrected chi connectivity index (χ3v) is 0.493. The Kier molecular flexibility index (Phi) is 10.4. The summed E-state index contributed by atoms with van der Waals surface area (Å²) >= 11 is 0. The van der Waals surface area contributed by atoms with Crippen LogP contribution in [0, 0.1) is 32.1 Å². The molecule has 39 valence electrons. The van der Waals surface area contributed by atoms with E-state index >= 15 is 0 Å². The van der Waals surface area contributed by atoms with Crippen LogP contribution in [0.15, 0.2) is 0 Å². The minimum Gasteiger partial charge on any atom is -0.0588 e. The van der Waals surface area contributed by atoms with E-state index in [0.717, 1.165) is 11.8 Å². The zero-order chi connectivity index (χ0) is 5.86. The Morgan fingerprint density at radius 3 is 1.38 bits per heavy atom. The van der Waals surface area contributed by atoms with Crippen molar-refractivity contribution in [3.63, 3.8) is 0 Å². The van der Waals surface area contributed by atoms with Crippen LogP contribution < -0.4 is 51.4 Å². The van der Waals surface area contributed by atoms with Crippen LogP contribution in [-0.4, -0.2) is 0 Å². The van der Waals surface area contributed by atoms with Crippen LogP contribution in [0.4, 0.5) is 0 Å². The first kappa shape index (κ1) is 12.3. The average Bonchev–Trinajstić information content (AvgIpc) is 1.27. The summed E-state index contributed by atoms with van der Waals surface area (Å²) in [5, 5.41) is 0. The summed E-state index contributed by atoms with van der Waals surface area (Å²) in [6, 6.07) is 0. The Balaban J connectivity index is 0. The molecule has 0 saturated heterocycles. The van der Waals surface area contributed by atoms with Gasteiger partial charge in [-0.05, 0) is 32.1 Å². The molecule has 0 aromatic carbocycles. The molecule has 8 heavy (non-hydrogen) atoms. The summed E-state index contributed by atoms with van der Waals surface area (Å²) in [6.07, 6.45) is 1.94. The summed E-state index contributed by atoms with van der Waals surface area (Å²) in [6.45, 7) is 11.3. The van der Waals surface area contributed by atoms with Gasteiger partial charge in [-0.2, -0.15) is 0 Å². The normalized spacial score (nSPS) is 9.75. The summed E-state index contributed by atoms with van der Waals surface area (Å²) in [4.78, 5) is 0. The molecule has 0 heterocycles. The molecule has 0 rings (SSSR count). The predicted molar refractivity (Wildman–Crippen MR) is 32.8 cm³/mol. The van der Waals surface area contributed by atoms with Crippen LogP contribution in [0.2, 0.25) is 0 Å². The van der Waals surface area contributed by atoms with Crippen molar-refractivity contribution in [1.82, 2.24) is 0 Å². The second-order valence-electron chi connectivity index (χ2n) is 1.84. The Morgan fingerprint density at radius 2 is 1.38 bits per heavy atom. The van der Waals surface area contributed by atoms with E-state index in [0.29, 0.717) is 0 Å². The zero-order valence-corrected chi connectivity index (χ0v) is 9.11. The Labute approximate surface area is 95.9 Å². The van der Waals surface area contributed by atoms with Gasteiger partial charge in [0.2, 0.25) is 0 Å². The van der Waals surface area contributed by atoms with Gasteiger partial charge < -0.3 is 0 Å². The van der Waals surface area contributed by atoms with Crippen molar-refractivity contribution in [2.75, 3.05) is 0 Å². The molecule has 0 fully saturated rings. The van der Waals surface area contributed by atoms with E-state index in [9.17, 15) is 0 Å². The van der Waals surface area contributed by atoms with Gasteiger partial charge in [-0.15, -0.1) is 0 Å². The summed E-state index contributed by atoms with van der Waals surface area (Å²) in [5.41, 5.74) is 0. The zero-order valence-electron chi connectivity index (χ0n) is 5.99. The second-order valence-corrected chi connectivity index (χ2v) is 1.84. The van der Waals surface area contributed by atoms with Gasteiger partial charge in [0.05, 0.1) is 0 Å². The molecular weight excluding hydrogens is 123 g/mol. The van der Waals surface area contributed by atoms with Crippen molar-refractivity contribution < 1.29 is 51.4 Å². The third-order valence-electron chi connectivity index (χ3n) is 0.493. The minimum absolute atomic E-state index is 0. The Hall–Kier alpha value is 1.64. The van der Waals surface area contributed by atoms with E-state index < -0.39 is 0 Å². The number of hydrogen-bond donors (Lipinski definition) is 0. The fourth-order valence-corrected chi connectivity index (χ4v) is 0.421. The summed E-state index contributed by atoms with van der Waals surface area (Å²) < 4.78 is 0. The van der Waals surface area contributed by atoms with Gasteiger partial charge in [0, 0.05) is 0 Å². The second kappa shape index (κ2) is 6.75. The molecule has 0 amide bonds. The van der Waals surface area contributed by atoms with Crippen LogP contribution >= 0.6 is 0 Å². The van der Waals surface area contributed by atoms with Crippen LogP contribution in [0.1, 0.15) is 13.8 Å². The SMILES string of the molecule is [CH2][C](C)[CH][C]([CH2])C.[K+]. The molecule has 0 aliphatic rings. The molecule has 5 radical (unpaired) electrons. The summed E-state index contributed by atoms with van der Waals surface area (Å²) in [7, 11) is 0. The van der Waals surface area contributed by atoms with Gasteiger partial charge in [-0.1, -0.05) is 13.8 Å². The van der Waals surface area contributed by atoms with Gasteiger partial charge in [0.25, 0.3) is 0 Å². The van der Waals surface area contributed by atoms with Crippen molar-refractivity contribution in [3.05, 3.63) is 32.1 Å². The number of hydrogen-bond acceptors (Lipinski definition) is 0. The minimum atomic E-state index is 0. The van der Waals surface area contributed by atoms with Gasteiger partial charge in [0.15, 0.2) is 0 Å². The molecule has 0 aliphatic heterocycles. The van der Waals surface area contributed by atoms with Crippen LogP contribution in [-0.2, 0) is 0 Å². The molecule has 0 nitrogen and oxygen atoms in total. The standard InChI is InChI=1S/C7H11.K/c1-6(2)5-7(3)4;/h5H,1,3H2,2,4H3;/q;+1. The van der Waals surface area contributed by atoms with Crippen molar-refractivity contribution in [2.45, 2.75) is 13.8 Å². The molecule has 0 saturated carbocycles.